The molecule has 0 saturated heterocycles. The Labute approximate surface area is 203 Å². The number of imidazole rings is 1. The Morgan fingerprint density at radius 1 is 1.00 bits per heavy atom. The average Bonchev–Trinajstić information content (AvgIpc) is 3.21. The lowest BCUT2D eigenvalue weighted by atomic mass is 10.1. The van der Waals surface area contributed by atoms with E-state index in [1.807, 2.05) is 11.5 Å². The largest absolute Gasteiger partial charge is 0.355 e. The maximum atomic E-state index is 12.8. The number of benzene rings is 1. The second-order valence-electron chi connectivity index (χ2n) is 8.50. The molecule has 1 aromatic carbocycles. The van der Waals surface area contributed by atoms with Crippen molar-refractivity contribution < 1.29 is 9.59 Å². The molecule has 3 aromatic rings. The molecule has 0 bridgehead atoms. The normalized spacial score (nSPS) is 11.1. The van der Waals surface area contributed by atoms with Gasteiger partial charge in [-0.2, -0.15) is 0 Å². The van der Waals surface area contributed by atoms with Crippen LogP contribution in [0.4, 0.5) is 5.69 Å². The number of nitrogens with one attached hydrogen (secondary N) is 3. The molecular formula is C25H34N6O4. The molecule has 0 spiro atoms. The van der Waals surface area contributed by atoms with E-state index < -0.39 is 11.2 Å². The first-order valence-electron chi connectivity index (χ1n) is 12.2. The van der Waals surface area contributed by atoms with E-state index >= 15 is 0 Å². The number of rotatable bonds is 12. The molecule has 0 saturated carbocycles. The quantitative estimate of drug-likeness (QED) is 0.342. The van der Waals surface area contributed by atoms with E-state index in [1.165, 1.54) is 11.6 Å². The number of nitrogens with zero attached hydrogens (tertiary/aromatic N) is 3. The monoisotopic (exact) mass is 482 g/mol. The molecule has 35 heavy (non-hydrogen) atoms. The molecule has 10 nitrogen and oxygen atoms in total. The van der Waals surface area contributed by atoms with Gasteiger partial charge in [0.2, 0.25) is 5.91 Å². The van der Waals surface area contributed by atoms with Crippen LogP contribution in [0.25, 0.3) is 11.2 Å². The summed E-state index contributed by atoms with van der Waals surface area (Å²) in [6, 6.07) is 6.80. The molecule has 0 fully saturated rings. The van der Waals surface area contributed by atoms with E-state index in [2.05, 4.69) is 27.5 Å². The molecule has 188 valence electrons. The summed E-state index contributed by atoms with van der Waals surface area (Å²) in [6.45, 7) is 5.17. The van der Waals surface area contributed by atoms with E-state index in [0.29, 0.717) is 41.3 Å². The summed E-state index contributed by atoms with van der Waals surface area (Å²) in [5, 5.41) is 5.37. The SMILES string of the molecule is CCCCCn1c(CCC(=O)Nc2ccccc2C(=O)NC)nc2c1c(=O)[nH]c(=O)n2CCCC. The predicted octanol–water partition coefficient (Wildman–Crippen LogP) is 2.81. The van der Waals surface area contributed by atoms with Crippen LogP contribution in [0.1, 0.15) is 68.6 Å². The number of hydrogen-bond acceptors (Lipinski definition) is 5. The molecule has 2 aromatic heterocycles. The lowest BCUT2D eigenvalue weighted by molar-refractivity contribution is -0.116. The maximum Gasteiger partial charge on any atom is 0.330 e. The van der Waals surface area contributed by atoms with Crippen molar-refractivity contribution >= 4 is 28.7 Å². The third-order valence-electron chi connectivity index (χ3n) is 5.93. The van der Waals surface area contributed by atoms with Gasteiger partial charge in [-0.15, -0.1) is 0 Å². The fourth-order valence-corrected chi connectivity index (χ4v) is 4.06. The molecule has 10 heteroatoms. The van der Waals surface area contributed by atoms with Crippen LogP contribution >= 0.6 is 0 Å². The lowest BCUT2D eigenvalue weighted by Gasteiger charge is -2.11. The molecule has 3 N–H and O–H groups in total. The molecule has 0 unspecified atom stereocenters. The summed E-state index contributed by atoms with van der Waals surface area (Å²) in [5.41, 5.74) is 0.613. The molecule has 2 amide bonds. The second kappa shape index (κ2) is 12.1. The summed E-state index contributed by atoms with van der Waals surface area (Å²) < 4.78 is 3.36. The van der Waals surface area contributed by atoms with Gasteiger partial charge in [0.1, 0.15) is 5.82 Å². The van der Waals surface area contributed by atoms with Gasteiger partial charge < -0.3 is 15.2 Å². The highest BCUT2D eigenvalue weighted by Crippen LogP contribution is 2.18. The zero-order chi connectivity index (χ0) is 25.4. The van der Waals surface area contributed by atoms with Gasteiger partial charge in [-0.25, -0.2) is 9.78 Å². The molecule has 3 rings (SSSR count). The lowest BCUT2D eigenvalue weighted by Crippen LogP contribution is -2.31. The molecule has 0 aliphatic heterocycles. The minimum absolute atomic E-state index is 0.107. The third-order valence-corrected chi connectivity index (χ3v) is 5.93. The second-order valence-corrected chi connectivity index (χ2v) is 8.50. The van der Waals surface area contributed by atoms with E-state index in [1.54, 1.807) is 24.3 Å². The number of fused-ring (bicyclic) bond motifs is 1. The number of hydrogen-bond donors (Lipinski definition) is 3. The average molecular weight is 483 g/mol. The van der Waals surface area contributed by atoms with Crippen molar-refractivity contribution in [3.8, 4) is 0 Å². The number of aromatic amines is 1. The molecule has 2 heterocycles. The highest BCUT2D eigenvalue weighted by molar-refractivity contribution is 6.03. The highest BCUT2D eigenvalue weighted by atomic mass is 16.2. The standard InChI is InChI=1S/C25H34N6O4/c1-4-6-10-16-30-19(28-22-21(30)24(34)29-25(35)31(22)15-7-5-2)13-14-20(32)27-18-12-9-8-11-17(18)23(33)26-3/h8-9,11-12H,4-7,10,13-16H2,1-3H3,(H,26,33)(H,27,32)(H,29,34,35). The first kappa shape index (κ1) is 25.9. The Morgan fingerprint density at radius 3 is 2.43 bits per heavy atom. The van der Waals surface area contributed by atoms with Gasteiger partial charge in [0.05, 0.1) is 11.3 Å². The Kier molecular flexibility index (Phi) is 8.99. The van der Waals surface area contributed by atoms with Gasteiger partial charge >= 0.3 is 5.69 Å². The molecular weight excluding hydrogens is 448 g/mol. The number of carbonyl (C=O) groups excluding carboxylic acids is 2. The van der Waals surface area contributed by atoms with E-state index in [4.69, 9.17) is 0 Å². The summed E-state index contributed by atoms with van der Waals surface area (Å²) in [4.78, 5) is 57.2. The minimum atomic E-state index is -0.468. The molecule has 0 aliphatic rings. The topological polar surface area (TPSA) is 131 Å². The van der Waals surface area contributed by atoms with Crippen LogP contribution in [0, 0.1) is 0 Å². The van der Waals surface area contributed by atoms with Crippen LogP contribution in [-0.2, 0) is 24.3 Å². The summed E-state index contributed by atoms with van der Waals surface area (Å²) in [6.07, 6.45) is 4.94. The van der Waals surface area contributed by atoms with Gasteiger partial charge in [0, 0.05) is 33.0 Å². The number of H-pyrrole nitrogens is 1. The number of unbranched alkanes of at least 4 members (excludes halogenated alkanes) is 3. The highest BCUT2D eigenvalue weighted by Gasteiger charge is 2.19. The van der Waals surface area contributed by atoms with Gasteiger partial charge in [0.25, 0.3) is 11.5 Å². The summed E-state index contributed by atoms with van der Waals surface area (Å²) in [5.74, 6) is 0.0286. The van der Waals surface area contributed by atoms with Crippen molar-refractivity contribution in [1.29, 1.82) is 0 Å². The zero-order valence-corrected chi connectivity index (χ0v) is 20.6. The van der Waals surface area contributed by atoms with Crippen LogP contribution in [0.15, 0.2) is 33.9 Å². The number of carbonyl (C=O) groups is 2. The van der Waals surface area contributed by atoms with Crippen molar-refractivity contribution in [2.75, 3.05) is 12.4 Å². The molecule has 0 aliphatic carbocycles. The van der Waals surface area contributed by atoms with Crippen LogP contribution < -0.4 is 21.9 Å². The van der Waals surface area contributed by atoms with Crippen LogP contribution in [0.3, 0.4) is 0 Å². The third kappa shape index (κ3) is 6.06. The Hall–Kier alpha value is -3.69. The van der Waals surface area contributed by atoms with Crippen molar-refractivity contribution in [1.82, 2.24) is 24.4 Å². The zero-order valence-electron chi connectivity index (χ0n) is 20.6. The van der Waals surface area contributed by atoms with Crippen LogP contribution in [0.5, 0.6) is 0 Å². The Morgan fingerprint density at radius 2 is 1.71 bits per heavy atom. The first-order valence-corrected chi connectivity index (χ1v) is 12.2. The predicted molar refractivity (Wildman–Crippen MR) is 136 cm³/mol. The number of anilines is 1. The van der Waals surface area contributed by atoms with Crippen molar-refractivity contribution in [3.63, 3.8) is 0 Å². The van der Waals surface area contributed by atoms with E-state index in [-0.39, 0.29) is 24.7 Å². The van der Waals surface area contributed by atoms with Crippen molar-refractivity contribution in [2.45, 2.75) is 71.9 Å². The Bertz CT molecular complexity index is 1300. The van der Waals surface area contributed by atoms with Crippen LogP contribution in [0.2, 0.25) is 0 Å². The number of para-hydroxylation sites is 1. The van der Waals surface area contributed by atoms with Crippen LogP contribution in [-0.4, -0.2) is 38.0 Å². The maximum absolute atomic E-state index is 12.8. The molecule has 0 atom stereocenters. The van der Waals surface area contributed by atoms with Gasteiger partial charge in [0.15, 0.2) is 11.2 Å². The fraction of sp³-hybridized carbons (Fsp3) is 0.480. The smallest absolute Gasteiger partial charge is 0.330 e. The number of aromatic nitrogens is 4. The van der Waals surface area contributed by atoms with Crippen molar-refractivity contribution in [3.05, 3.63) is 56.5 Å². The van der Waals surface area contributed by atoms with Gasteiger partial charge in [-0.05, 0) is 25.0 Å². The number of aryl methyl sites for hydroxylation is 3. The molecule has 0 radical (unpaired) electrons. The first-order chi connectivity index (χ1) is 16.9. The van der Waals surface area contributed by atoms with E-state index in [0.717, 1.165) is 32.1 Å². The minimum Gasteiger partial charge on any atom is -0.355 e. The Balaban J connectivity index is 1.90. The summed E-state index contributed by atoms with van der Waals surface area (Å²) in [7, 11) is 1.53. The fourth-order valence-electron chi connectivity index (χ4n) is 4.06. The number of amides is 2. The summed E-state index contributed by atoms with van der Waals surface area (Å²) >= 11 is 0. The van der Waals surface area contributed by atoms with E-state index in [9.17, 15) is 19.2 Å². The van der Waals surface area contributed by atoms with Crippen molar-refractivity contribution in [2.24, 2.45) is 0 Å². The van der Waals surface area contributed by atoms with Gasteiger partial charge in [-0.1, -0.05) is 45.2 Å². The van der Waals surface area contributed by atoms with Gasteiger partial charge in [-0.3, -0.25) is 23.9 Å².